The van der Waals surface area contributed by atoms with Crippen LogP contribution in [-0.4, -0.2) is 13.0 Å². The van der Waals surface area contributed by atoms with Gasteiger partial charge in [0.2, 0.25) is 5.91 Å². The average molecular weight is 328 g/mol. The van der Waals surface area contributed by atoms with E-state index in [1.54, 1.807) is 30.3 Å². The summed E-state index contributed by atoms with van der Waals surface area (Å²) in [6.07, 6.45) is -4.90. The smallest absolute Gasteiger partial charge is 0.315 e. The van der Waals surface area contributed by atoms with Crippen LogP contribution in [0.5, 0.6) is 0 Å². The molecule has 0 N–H and O–H groups in total. The van der Waals surface area contributed by atoms with Crippen molar-refractivity contribution in [2.24, 2.45) is 0 Å². The number of anilines is 1. The molecule has 2 rings (SSSR count). The summed E-state index contributed by atoms with van der Waals surface area (Å²) in [6, 6.07) is 12.2. The minimum atomic E-state index is -4.55. The first-order valence-corrected chi connectivity index (χ1v) is 6.84. The molecule has 0 aliphatic heterocycles. The summed E-state index contributed by atoms with van der Waals surface area (Å²) >= 11 is 5.62. The maximum Gasteiger partial charge on any atom is 0.416 e. The fourth-order valence-electron chi connectivity index (χ4n) is 2.04. The summed E-state index contributed by atoms with van der Waals surface area (Å²) in [6.45, 7) is 0. The van der Waals surface area contributed by atoms with E-state index in [1.807, 2.05) is 0 Å². The zero-order chi connectivity index (χ0) is 16.3. The summed E-state index contributed by atoms with van der Waals surface area (Å²) in [5.74, 6) is -0.431. The molecule has 6 heteroatoms. The zero-order valence-electron chi connectivity index (χ0n) is 11.7. The molecule has 1 amide bonds. The monoisotopic (exact) mass is 327 g/mol. The van der Waals surface area contributed by atoms with Crippen LogP contribution in [0, 0.1) is 0 Å². The van der Waals surface area contributed by atoms with E-state index >= 15 is 0 Å². The summed E-state index contributed by atoms with van der Waals surface area (Å²) in [7, 11) is 1.53. The summed E-state index contributed by atoms with van der Waals surface area (Å²) in [5, 5.41) is -0.0139. The molecule has 0 saturated heterocycles. The van der Waals surface area contributed by atoms with Crippen molar-refractivity contribution in [1.29, 1.82) is 0 Å². The van der Waals surface area contributed by atoms with Gasteiger partial charge in [0.1, 0.15) is 0 Å². The Bertz CT molecular complexity index is 671. The van der Waals surface area contributed by atoms with Crippen LogP contribution < -0.4 is 4.90 Å². The van der Waals surface area contributed by atoms with E-state index < -0.39 is 17.6 Å². The van der Waals surface area contributed by atoms with Crippen molar-refractivity contribution in [2.75, 3.05) is 11.9 Å². The van der Waals surface area contributed by atoms with Crippen molar-refractivity contribution in [3.05, 3.63) is 64.7 Å². The molecule has 0 atom stereocenters. The number of carbonyl (C=O) groups is 1. The predicted octanol–water partition coefficient (Wildman–Crippen LogP) is 4.56. The van der Waals surface area contributed by atoms with E-state index in [9.17, 15) is 18.0 Å². The van der Waals surface area contributed by atoms with Crippen molar-refractivity contribution in [3.63, 3.8) is 0 Å². The Morgan fingerprint density at radius 1 is 1.14 bits per heavy atom. The fraction of sp³-hybridized carbons (Fsp3) is 0.188. The molecule has 0 aliphatic rings. The number of para-hydroxylation sites is 1. The Hall–Kier alpha value is -2.01. The lowest BCUT2D eigenvalue weighted by Crippen LogP contribution is -2.28. The number of rotatable bonds is 3. The third-order valence-corrected chi connectivity index (χ3v) is 3.47. The summed E-state index contributed by atoms with van der Waals surface area (Å²) in [5.41, 5.74) is -0.352. The van der Waals surface area contributed by atoms with Gasteiger partial charge >= 0.3 is 6.18 Å². The molecule has 0 spiro atoms. The first-order valence-electron chi connectivity index (χ1n) is 6.46. The van der Waals surface area contributed by atoms with E-state index in [2.05, 4.69) is 0 Å². The number of amides is 1. The normalized spacial score (nSPS) is 11.3. The van der Waals surface area contributed by atoms with E-state index in [4.69, 9.17) is 11.6 Å². The molecule has 2 aromatic rings. The second-order valence-electron chi connectivity index (χ2n) is 4.76. The maximum absolute atomic E-state index is 13.0. The van der Waals surface area contributed by atoms with E-state index in [0.717, 1.165) is 6.07 Å². The molecule has 2 nitrogen and oxygen atoms in total. The van der Waals surface area contributed by atoms with Crippen molar-refractivity contribution in [3.8, 4) is 0 Å². The Kier molecular flexibility index (Phi) is 4.76. The molecule has 0 radical (unpaired) electrons. The Balaban J connectivity index is 2.26. The van der Waals surface area contributed by atoms with Crippen LogP contribution in [0.1, 0.15) is 11.1 Å². The van der Waals surface area contributed by atoms with Gasteiger partial charge in [0.05, 0.1) is 12.0 Å². The van der Waals surface area contributed by atoms with Gasteiger partial charge in [-0.25, -0.2) is 0 Å². The van der Waals surface area contributed by atoms with Gasteiger partial charge in [0.25, 0.3) is 0 Å². The zero-order valence-corrected chi connectivity index (χ0v) is 12.4. The highest BCUT2D eigenvalue weighted by Crippen LogP contribution is 2.34. The predicted molar refractivity (Wildman–Crippen MR) is 80.0 cm³/mol. The summed E-state index contributed by atoms with van der Waals surface area (Å²) in [4.78, 5) is 13.5. The Morgan fingerprint density at radius 2 is 1.77 bits per heavy atom. The molecule has 0 aliphatic carbocycles. The molecular formula is C16H13ClF3NO. The van der Waals surface area contributed by atoms with Crippen LogP contribution >= 0.6 is 11.6 Å². The number of benzene rings is 2. The SMILES string of the molecule is CN(C(=O)Cc1ccc(Cl)cc1C(F)(F)F)c1ccccc1. The van der Waals surface area contributed by atoms with Gasteiger partial charge in [0.15, 0.2) is 0 Å². The van der Waals surface area contributed by atoms with Gasteiger partial charge in [-0.3, -0.25) is 4.79 Å². The van der Waals surface area contributed by atoms with Crippen LogP contribution in [0.25, 0.3) is 0 Å². The quantitative estimate of drug-likeness (QED) is 0.809. The Labute approximate surface area is 131 Å². The number of nitrogens with zero attached hydrogens (tertiary/aromatic N) is 1. The lowest BCUT2D eigenvalue weighted by Gasteiger charge is -2.19. The van der Waals surface area contributed by atoms with Crippen LogP contribution in [0.3, 0.4) is 0 Å². The number of likely N-dealkylation sites (N-methyl/N-ethyl adjacent to an activating group) is 1. The van der Waals surface area contributed by atoms with Crippen LogP contribution in [0.15, 0.2) is 48.5 Å². The van der Waals surface area contributed by atoms with Crippen LogP contribution in [-0.2, 0) is 17.4 Å². The van der Waals surface area contributed by atoms with E-state index in [0.29, 0.717) is 5.69 Å². The first-order chi connectivity index (χ1) is 10.3. The number of alkyl halides is 3. The molecule has 0 saturated carbocycles. The van der Waals surface area contributed by atoms with Crippen molar-refractivity contribution in [1.82, 2.24) is 0 Å². The maximum atomic E-state index is 13.0. The number of carbonyl (C=O) groups excluding carboxylic acids is 1. The minimum absolute atomic E-state index is 0.0139. The Morgan fingerprint density at radius 3 is 2.36 bits per heavy atom. The van der Waals surface area contributed by atoms with E-state index in [-0.39, 0.29) is 17.0 Å². The van der Waals surface area contributed by atoms with E-state index in [1.165, 1.54) is 24.1 Å². The highest BCUT2D eigenvalue weighted by molar-refractivity contribution is 6.30. The fourth-order valence-corrected chi connectivity index (χ4v) is 2.22. The van der Waals surface area contributed by atoms with Gasteiger partial charge in [-0.2, -0.15) is 13.2 Å². The lowest BCUT2D eigenvalue weighted by molar-refractivity contribution is -0.138. The second-order valence-corrected chi connectivity index (χ2v) is 5.20. The molecule has 0 aromatic heterocycles. The molecule has 22 heavy (non-hydrogen) atoms. The van der Waals surface area contributed by atoms with Crippen molar-refractivity contribution < 1.29 is 18.0 Å². The molecule has 0 fully saturated rings. The molecule has 2 aromatic carbocycles. The first kappa shape index (κ1) is 16.4. The standard InChI is InChI=1S/C16H13ClF3NO/c1-21(13-5-3-2-4-6-13)15(22)9-11-7-8-12(17)10-14(11)16(18,19)20/h2-8,10H,9H2,1H3. The van der Waals surface area contributed by atoms with Gasteiger partial charge in [-0.15, -0.1) is 0 Å². The molecule has 116 valence electrons. The largest absolute Gasteiger partial charge is 0.416 e. The average Bonchev–Trinajstić information content (AvgIpc) is 2.48. The number of hydrogen-bond acceptors (Lipinski definition) is 1. The number of halogens is 4. The molecule has 0 unspecified atom stereocenters. The van der Waals surface area contributed by atoms with Gasteiger partial charge in [-0.05, 0) is 29.8 Å². The minimum Gasteiger partial charge on any atom is -0.315 e. The lowest BCUT2D eigenvalue weighted by atomic mass is 10.0. The summed E-state index contributed by atoms with van der Waals surface area (Å²) < 4.78 is 39.1. The molecular weight excluding hydrogens is 315 g/mol. The third kappa shape index (κ3) is 3.80. The highest BCUT2D eigenvalue weighted by atomic mass is 35.5. The van der Waals surface area contributed by atoms with Gasteiger partial charge in [0, 0.05) is 17.8 Å². The van der Waals surface area contributed by atoms with Crippen molar-refractivity contribution >= 4 is 23.2 Å². The molecule has 0 bridgehead atoms. The topological polar surface area (TPSA) is 20.3 Å². The second kappa shape index (κ2) is 6.40. The third-order valence-electron chi connectivity index (χ3n) is 3.24. The van der Waals surface area contributed by atoms with Gasteiger partial charge < -0.3 is 4.90 Å². The highest BCUT2D eigenvalue weighted by Gasteiger charge is 2.34. The molecule has 0 heterocycles. The number of hydrogen-bond donors (Lipinski definition) is 0. The van der Waals surface area contributed by atoms with Crippen molar-refractivity contribution in [2.45, 2.75) is 12.6 Å². The van der Waals surface area contributed by atoms with Crippen LogP contribution in [0.4, 0.5) is 18.9 Å². The van der Waals surface area contributed by atoms with Gasteiger partial charge in [-0.1, -0.05) is 35.9 Å². The van der Waals surface area contributed by atoms with Crippen LogP contribution in [0.2, 0.25) is 5.02 Å².